The molecule has 0 atom stereocenters. The standard InChI is InChI=1S/C13H21N3O2S/c1-3-10-19(17,18)16-8-6-15(7-9-16)13-4-5-14-11-12(13)2/h4-5,11H,3,6-10H2,1-2H3. The largest absolute Gasteiger partial charge is 0.369 e. The molecular weight excluding hydrogens is 262 g/mol. The quantitative estimate of drug-likeness (QED) is 0.834. The van der Waals surface area contributed by atoms with Crippen LogP contribution in [0.1, 0.15) is 18.9 Å². The third-order valence-electron chi connectivity index (χ3n) is 3.43. The summed E-state index contributed by atoms with van der Waals surface area (Å²) >= 11 is 0. The van der Waals surface area contributed by atoms with E-state index in [0.29, 0.717) is 19.5 Å². The summed E-state index contributed by atoms with van der Waals surface area (Å²) < 4.78 is 25.6. The number of piperazine rings is 1. The zero-order valence-corrected chi connectivity index (χ0v) is 12.4. The second-order valence-corrected chi connectivity index (χ2v) is 6.95. The summed E-state index contributed by atoms with van der Waals surface area (Å²) in [5.41, 5.74) is 2.29. The Morgan fingerprint density at radius 3 is 2.53 bits per heavy atom. The van der Waals surface area contributed by atoms with E-state index < -0.39 is 10.0 Å². The van der Waals surface area contributed by atoms with E-state index in [1.54, 1.807) is 10.5 Å². The number of pyridine rings is 1. The lowest BCUT2D eigenvalue weighted by Crippen LogP contribution is -2.49. The van der Waals surface area contributed by atoms with Crippen LogP contribution >= 0.6 is 0 Å². The number of hydrogen-bond acceptors (Lipinski definition) is 4. The van der Waals surface area contributed by atoms with E-state index in [-0.39, 0.29) is 5.75 Å². The highest BCUT2D eigenvalue weighted by Crippen LogP contribution is 2.20. The predicted molar refractivity (Wildman–Crippen MR) is 76.8 cm³/mol. The van der Waals surface area contributed by atoms with Gasteiger partial charge in [-0.2, -0.15) is 4.31 Å². The van der Waals surface area contributed by atoms with E-state index >= 15 is 0 Å². The Morgan fingerprint density at radius 2 is 1.95 bits per heavy atom. The normalized spacial score (nSPS) is 17.7. The number of sulfonamides is 1. The minimum absolute atomic E-state index is 0.251. The molecular formula is C13H21N3O2S. The van der Waals surface area contributed by atoms with Crippen LogP contribution in [0.25, 0.3) is 0 Å². The Kier molecular flexibility index (Phi) is 4.42. The SMILES string of the molecule is CCCS(=O)(=O)N1CCN(c2ccncc2C)CC1. The zero-order valence-electron chi connectivity index (χ0n) is 11.5. The summed E-state index contributed by atoms with van der Waals surface area (Å²) in [5.74, 6) is 0.251. The van der Waals surface area contributed by atoms with Crippen molar-refractivity contribution in [1.82, 2.24) is 9.29 Å². The summed E-state index contributed by atoms with van der Waals surface area (Å²) in [6, 6.07) is 1.99. The van der Waals surface area contributed by atoms with Crippen molar-refractivity contribution in [2.45, 2.75) is 20.3 Å². The van der Waals surface area contributed by atoms with Crippen molar-refractivity contribution in [3.05, 3.63) is 24.0 Å². The molecule has 0 aliphatic carbocycles. The first kappa shape index (κ1) is 14.3. The first-order valence-electron chi connectivity index (χ1n) is 6.68. The van der Waals surface area contributed by atoms with Gasteiger partial charge in [-0.15, -0.1) is 0 Å². The average molecular weight is 283 g/mol. The second-order valence-electron chi connectivity index (χ2n) is 4.86. The van der Waals surface area contributed by atoms with Crippen LogP contribution in [0.3, 0.4) is 0 Å². The van der Waals surface area contributed by atoms with Gasteiger partial charge in [-0.05, 0) is 25.0 Å². The number of anilines is 1. The molecule has 0 amide bonds. The summed E-state index contributed by atoms with van der Waals surface area (Å²) in [4.78, 5) is 6.32. The van der Waals surface area contributed by atoms with Crippen LogP contribution in [0.2, 0.25) is 0 Å². The fraction of sp³-hybridized carbons (Fsp3) is 0.615. The molecule has 1 aliphatic heterocycles. The monoisotopic (exact) mass is 283 g/mol. The van der Waals surface area contributed by atoms with Crippen LogP contribution in [-0.2, 0) is 10.0 Å². The summed E-state index contributed by atoms with van der Waals surface area (Å²) in [7, 11) is -3.05. The van der Waals surface area contributed by atoms with Gasteiger partial charge in [-0.25, -0.2) is 8.42 Å². The van der Waals surface area contributed by atoms with Crippen LogP contribution in [0.4, 0.5) is 5.69 Å². The molecule has 0 unspecified atom stereocenters. The molecule has 0 spiro atoms. The highest BCUT2D eigenvalue weighted by molar-refractivity contribution is 7.89. The van der Waals surface area contributed by atoms with E-state index in [0.717, 1.165) is 24.3 Å². The Labute approximate surface area is 115 Å². The molecule has 2 rings (SSSR count). The van der Waals surface area contributed by atoms with Gasteiger partial charge in [0.25, 0.3) is 0 Å². The van der Waals surface area contributed by atoms with Crippen molar-refractivity contribution in [1.29, 1.82) is 0 Å². The maximum Gasteiger partial charge on any atom is 0.214 e. The molecule has 0 saturated carbocycles. The molecule has 1 aromatic rings. The summed E-state index contributed by atoms with van der Waals surface area (Å²) in [5, 5.41) is 0. The zero-order chi connectivity index (χ0) is 13.9. The van der Waals surface area contributed by atoms with Gasteiger partial charge in [-0.1, -0.05) is 6.92 Å². The highest BCUT2D eigenvalue weighted by atomic mass is 32.2. The van der Waals surface area contributed by atoms with Crippen LogP contribution < -0.4 is 4.90 Å². The first-order chi connectivity index (χ1) is 9.04. The molecule has 19 heavy (non-hydrogen) atoms. The molecule has 0 radical (unpaired) electrons. The lowest BCUT2D eigenvalue weighted by atomic mass is 10.2. The summed E-state index contributed by atoms with van der Waals surface area (Å²) in [6.45, 7) is 6.56. The maximum absolute atomic E-state index is 12.0. The molecule has 1 aliphatic rings. The van der Waals surface area contributed by atoms with Crippen molar-refractivity contribution >= 4 is 15.7 Å². The third-order valence-corrected chi connectivity index (χ3v) is 5.50. The van der Waals surface area contributed by atoms with Crippen molar-refractivity contribution in [2.75, 3.05) is 36.8 Å². The van der Waals surface area contributed by atoms with E-state index in [9.17, 15) is 8.42 Å². The lowest BCUT2D eigenvalue weighted by Gasteiger charge is -2.36. The van der Waals surface area contributed by atoms with Gasteiger partial charge in [0.2, 0.25) is 10.0 Å². The fourth-order valence-electron chi connectivity index (χ4n) is 2.42. The van der Waals surface area contributed by atoms with Gasteiger partial charge < -0.3 is 4.90 Å². The third kappa shape index (κ3) is 3.25. The molecule has 0 bridgehead atoms. The predicted octanol–water partition coefficient (Wildman–Crippen LogP) is 1.25. The van der Waals surface area contributed by atoms with Gasteiger partial charge >= 0.3 is 0 Å². The Morgan fingerprint density at radius 1 is 1.26 bits per heavy atom. The minimum atomic E-state index is -3.05. The number of aromatic nitrogens is 1. The summed E-state index contributed by atoms with van der Waals surface area (Å²) in [6.07, 6.45) is 4.30. The van der Waals surface area contributed by atoms with Crippen molar-refractivity contribution in [3.63, 3.8) is 0 Å². The topological polar surface area (TPSA) is 53.5 Å². The second kappa shape index (κ2) is 5.88. The number of nitrogens with zero attached hydrogens (tertiary/aromatic N) is 3. The fourth-order valence-corrected chi connectivity index (χ4v) is 3.91. The molecule has 6 heteroatoms. The molecule has 0 aromatic carbocycles. The molecule has 1 aromatic heterocycles. The van der Waals surface area contributed by atoms with Crippen molar-refractivity contribution in [2.24, 2.45) is 0 Å². The van der Waals surface area contributed by atoms with Crippen LogP contribution in [0.5, 0.6) is 0 Å². The molecule has 0 N–H and O–H groups in total. The van der Waals surface area contributed by atoms with Crippen molar-refractivity contribution in [3.8, 4) is 0 Å². The minimum Gasteiger partial charge on any atom is -0.369 e. The van der Waals surface area contributed by atoms with Gasteiger partial charge in [0, 0.05) is 44.3 Å². The van der Waals surface area contributed by atoms with E-state index in [1.807, 2.05) is 26.1 Å². The molecule has 2 heterocycles. The number of aryl methyl sites for hydroxylation is 1. The smallest absolute Gasteiger partial charge is 0.214 e. The molecule has 1 saturated heterocycles. The highest BCUT2D eigenvalue weighted by Gasteiger charge is 2.26. The Balaban J connectivity index is 2.02. The van der Waals surface area contributed by atoms with E-state index in [2.05, 4.69) is 9.88 Å². The molecule has 1 fully saturated rings. The number of hydrogen-bond donors (Lipinski definition) is 0. The molecule has 5 nitrogen and oxygen atoms in total. The van der Waals surface area contributed by atoms with E-state index in [1.165, 1.54) is 0 Å². The van der Waals surface area contributed by atoms with Gasteiger partial charge in [0.05, 0.1) is 5.75 Å². The van der Waals surface area contributed by atoms with Crippen LogP contribution in [0, 0.1) is 6.92 Å². The number of rotatable bonds is 4. The molecule has 106 valence electrons. The van der Waals surface area contributed by atoms with Crippen molar-refractivity contribution < 1.29 is 8.42 Å². The average Bonchev–Trinajstić information content (AvgIpc) is 2.39. The lowest BCUT2D eigenvalue weighted by molar-refractivity contribution is 0.384. The van der Waals surface area contributed by atoms with Crippen LogP contribution in [-0.4, -0.2) is 49.6 Å². The van der Waals surface area contributed by atoms with Gasteiger partial charge in [-0.3, -0.25) is 4.98 Å². The Hall–Kier alpha value is -1.14. The van der Waals surface area contributed by atoms with E-state index in [4.69, 9.17) is 0 Å². The van der Waals surface area contributed by atoms with Gasteiger partial charge in [0.1, 0.15) is 0 Å². The van der Waals surface area contributed by atoms with Crippen LogP contribution in [0.15, 0.2) is 18.5 Å². The first-order valence-corrected chi connectivity index (χ1v) is 8.29. The van der Waals surface area contributed by atoms with Gasteiger partial charge in [0.15, 0.2) is 0 Å². The Bertz CT molecular complexity index is 522. The maximum atomic E-state index is 12.0.